The Hall–Kier alpha value is -1.82. The smallest absolute Gasteiger partial charge is 0.282 e. The number of hydrogen-bond acceptors (Lipinski definition) is 6. The Labute approximate surface area is 180 Å². The van der Waals surface area contributed by atoms with E-state index in [1.54, 1.807) is 24.3 Å². The molecule has 0 aliphatic carbocycles. The van der Waals surface area contributed by atoms with Crippen LogP contribution in [0.5, 0.6) is 0 Å². The summed E-state index contributed by atoms with van der Waals surface area (Å²) in [4.78, 5) is -0.133. The Kier molecular flexibility index (Phi) is 12.7. The quantitative estimate of drug-likeness (QED) is 0.293. The highest BCUT2D eigenvalue weighted by Crippen LogP contribution is 2.09. The van der Waals surface area contributed by atoms with Crippen LogP contribution in [0.3, 0.4) is 0 Å². The number of aryl methyl sites for hydroxylation is 2. The molecule has 0 aliphatic rings. The number of rotatable bonds is 6. The van der Waals surface area contributed by atoms with Crippen LogP contribution in [0.25, 0.3) is 0 Å². The number of hydrazine groups is 1. The SMILES string of the molecule is CCCNNC(C)C.Cc1ccc(S(=O)(=O)O)cc1.Cc1ccc(S(=O)(=O)O)cc1. The first-order chi connectivity index (χ1) is 13.8. The van der Waals surface area contributed by atoms with Gasteiger partial charge in [0.2, 0.25) is 0 Å². The Balaban J connectivity index is 0.000000428. The van der Waals surface area contributed by atoms with Gasteiger partial charge < -0.3 is 0 Å². The van der Waals surface area contributed by atoms with Crippen LogP contribution >= 0.6 is 0 Å². The number of nitrogens with one attached hydrogen (secondary N) is 2. The van der Waals surface area contributed by atoms with Crippen LogP contribution in [0.2, 0.25) is 0 Å². The van der Waals surface area contributed by atoms with Crippen LogP contribution in [-0.2, 0) is 20.2 Å². The summed E-state index contributed by atoms with van der Waals surface area (Å²) in [5, 5.41) is 0. The molecule has 10 heteroatoms. The molecule has 0 atom stereocenters. The summed E-state index contributed by atoms with van der Waals surface area (Å²) >= 11 is 0. The minimum Gasteiger partial charge on any atom is -0.282 e. The van der Waals surface area contributed by atoms with Crippen molar-refractivity contribution < 1.29 is 25.9 Å². The van der Waals surface area contributed by atoms with Crippen molar-refractivity contribution in [3.8, 4) is 0 Å². The van der Waals surface area contributed by atoms with Gasteiger partial charge in [0, 0.05) is 12.6 Å². The molecule has 0 saturated heterocycles. The third kappa shape index (κ3) is 13.4. The molecule has 8 nitrogen and oxygen atoms in total. The molecule has 170 valence electrons. The fraction of sp³-hybridized carbons (Fsp3) is 0.400. The van der Waals surface area contributed by atoms with Gasteiger partial charge in [-0.2, -0.15) is 16.8 Å². The van der Waals surface area contributed by atoms with E-state index in [0.717, 1.165) is 17.7 Å². The molecule has 0 radical (unpaired) electrons. The summed E-state index contributed by atoms with van der Waals surface area (Å²) in [6.07, 6.45) is 1.18. The lowest BCUT2D eigenvalue weighted by atomic mass is 10.2. The Morgan fingerprint density at radius 1 is 0.767 bits per heavy atom. The highest BCUT2D eigenvalue weighted by molar-refractivity contribution is 7.86. The van der Waals surface area contributed by atoms with E-state index < -0.39 is 20.2 Å². The second-order valence-corrected chi connectivity index (χ2v) is 9.65. The fourth-order valence-corrected chi connectivity index (χ4v) is 2.78. The highest BCUT2D eigenvalue weighted by atomic mass is 32.2. The van der Waals surface area contributed by atoms with E-state index in [2.05, 4.69) is 31.6 Å². The zero-order valence-corrected chi connectivity index (χ0v) is 19.6. The zero-order valence-electron chi connectivity index (χ0n) is 18.0. The Bertz CT molecular complexity index is 866. The molecule has 0 amide bonds. The molecular formula is C20H32N2O6S2. The summed E-state index contributed by atoms with van der Waals surface area (Å²) in [7, 11) is -8.04. The summed E-state index contributed by atoms with van der Waals surface area (Å²) in [6.45, 7) is 11.1. The highest BCUT2D eigenvalue weighted by Gasteiger charge is 2.07. The van der Waals surface area contributed by atoms with Crippen molar-refractivity contribution in [3.05, 3.63) is 59.7 Å². The van der Waals surface area contributed by atoms with E-state index in [-0.39, 0.29) is 9.79 Å². The minimum atomic E-state index is -4.02. The minimum absolute atomic E-state index is 0.0666. The first-order valence-electron chi connectivity index (χ1n) is 9.34. The molecule has 0 fully saturated rings. The van der Waals surface area contributed by atoms with Crippen molar-refractivity contribution in [2.45, 2.75) is 56.9 Å². The Morgan fingerprint density at radius 3 is 1.33 bits per heavy atom. The average molecular weight is 461 g/mol. The molecule has 0 aromatic heterocycles. The maximum absolute atomic E-state index is 10.5. The summed E-state index contributed by atoms with van der Waals surface area (Å²) in [6, 6.07) is 12.5. The van der Waals surface area contributed by atoms with Gasteiger partial charge in [-0.25, -0.2) is 0 Å². The van der Waals surface area contributed by atoms with Gasteiger partial charge in [0.1, 0.15) is 0 Å². The van der Waals surface area contributed by atoms with Crippen LogP contribution in [0.1, 0.15) is 38.3 Å². The molecule has 0 spiro atoms. The molecule has 30 heavy (non-hydrogen) atoms. The number of hydrogen-bond donors (Lipinski definition) is 4. The van der Waals surface area contributed by atoms with Gasteiger partial charge in [-0.15, -0.1) is 0 Å². The van der Waals surface area contributed by atoms with E-state index in [9.17, 15) is 16.8 Å². The van der Waals surface area contributed by atoms with Crippen LogP contribution in [0.15, 0.2) is 58.3 Å². The predicted octanol–water partition coefficient (Wildman–Crippen LogP) is 3.38. The van der Waals surface area contributed by atoms with Gasteiger partial charge in [-0.1, -0.05) is 42.3 Å². The van der Waals surface area contributed by atoms with Crippen molar-refractivity contribution in [2.75, 3.05) is 6.54 Å². The molecule has 0 aliphatic heterocycles. The second kappa shape index (κ2) is 13.5. The molecule has 2 aromatic carbocycles. The topological polar surface area (TPSA) is 133 Å². The molecule has 2 aromatic rings. The summed E-state index contributed by atoms with van der Waals surface area (Å²) in [5.74, 6) is 0. The van der Waals surface area contributed by atoms with Gasteiger partial charge >= 0.3 is 0 Å². The first-order valence-corrected chi connectivity index (χ1v) is 12.2. The maximum atomic E-state index is 10.5. The molecule has 2 rings (SSSR count). The predicted molar refractivity (Wildman–Crippen MR) is 119 cm³/mol. The van der Waals surface area contributed by atoms with E-state index in [4.69, 9.17) is 9.11 Å². The van der Waals surface area contributed by atoms with E-state index in [1.165, 1.54) is 30.7 Å². The molecular weight excluding hydrogens is 428 g/mol. The molecule has 0 unspecified atom stereocenters. The third-order valence-corrected chi connectivity index (χ3v) is 5.14. The third-order valence-electron chi connectivity index (χ3n) is 3.40. The second-order valence-electron chi connectivity index (χ2n) is 6.80. The monoisotopic (exact) mass is 460 g/mol. The summed E-state index contributed by atoms with van der Waals surface area (Å²) < 4.78 is 59.1. The summed E-state index contributed by atoms with van der Waals surface area (Å²) in [5.41, 5.74) is 8.09. The first kappa shape index (κ1) is 28.2. The van der Waals surface area contributed by atoms with Crippen LogP contribution in [-0.4, -0.2) is 38.5 Å². The van der Waals surface area contributed by atoms with Crippen LogP contribution < -0.4 is 10.9 Å². The van der Waals surface area contributed by atoms with Gasteiger partial charge in [0.05, 0.1) is 9.79 Å². The van der Waals surface area contributed by atoms with Crippen molar-refractivity contribution >= 4 is 20.2 Å². The normalized spacial score (nSPS) is 11.2. The van der Waals surface area contributed by atoms with Gasteiger partial charge in [0.15, 0.2) is 0 Å². The van der Waals surface area contributed by atoms with Gasteiger partial charge in [-0.3, -0.25) is 20.0 Å². The number of benzene rings is 2. The fourth-order valence-electron chi connectivity index (χ4n) is 1.82. The van der Waals surface area contributed by atoms with Crippen molar-refractivity contribution in [1.29, 1.82) is 0 Å². The van der Waals surface area contributed by atoms with Crippen LogP contribution in [0, 0.1) is 13.8 Å². The molecule has 0 saturated carbocycles. The van der Waals surface area contributed by atoms with Crippen LogP contribution in [0.4, 0.5) is 0 Å². The van der Waals surface area contributed by atoms with E-state index >= 15 is 0 Å². The zero-order chi connectivity index (χ0) is 23.4. The van der Waals surface area contributed by atoms with E-state index in [1.807, 2.05) is 13.8 Å². The standard InChI is InChI=1S/2C7H8O3S.C6H16N2/c2*1-6-2-4-7(5-3-6)11(8,9)10;1-4-5-7-8-6(2)3/h2*2-5H,1H3,(H,8,9,10);6-8H,4-5H2,1-3H3. The van der Waals surface area contributed by atoms with Crippen molar-refractivity contribution in [3.63, 3.8) is 0 Å². The van der Waals surface area contributed by atoms with Crippen molar-refractivity contribution in [2.24, 2.45) is 0 Å². The Morgan fingerprint density at radius 2 is 1.10 bits per heavy atom. The molecule has 0 heterocycles. The van der Waals surface area contributed by atoms with Gasteiger partial charge in [-0.05, 0) is 58.4 Å². The van der Waals surface area contributed by atoms with Crippen molar-refractivity contribution in [1.82, 2.24) is 10.9 Å². The van der Waals surface area contributed by atoms with Gasteiger partial charge in [0.25, 0.3) is 20.2 Å². The lowest BCUT2D eigenvalue weighted by Crippen LogP contribution is -2.37. The van der Waals surface area contributed by atoms with E-state index in [0.29, 0.717) is 6.04 Å². The maximum Gasteiger partial charge on any atom is 0.294 e. The average Bonchev–Trinajstić information content (AvgIpc) is 2.62. The lowest BCUT2D eigenvalue weighted by Gasteiger charge is -2.07. The molecule has 4 N–H and O–H groups in total. The molecule has 0 bridgehead atoms. The lowest BCUT2D eigenvalue weighted by molar-refractivity contribution is 0.472. The largest absolute Gasteiger partial charge is 0.294 e.